The minimum absolute atomic E-state index is 0.246. The van der Waals surface area contributed by atoms with Crippen molar-refractivity contribution in [3.05, 3.63) is 24.0 Å². The summed E-state index contributed by atoms with van der Waals surface area (Å²) in [4.78, 5) is 10.8. The van der Waals surface area contributed by atoms with Crippen molar-refractivity contribution in [3.8, 4) is 0 Å². The predicted octanol–water partition coefficient (Wildman–Crippen LogP) is 3.43. The Labute approximate surface area is 120 Å². The van der Waals surface area contributed by atoms with Gasteiger partial charge in [-0.05, 0) is 74.8 Å². The lowest BCUT2D eigenvalue weighted by atomic mass is 9.53. The molecule has 1 heterocycles. The van der Waals surface area contributed by atoms with Crippen molar-refractivity contribution < 1.29 is 9.90 Å². The number of nitrogens with zero attached hydrogens (tertiary/aromatic N) is 1. The van der Waals surface area contributed by atoms with Crippen LogP contribution in [0.2, 0.25) is 0 Å². The quantitative estimate of drug-likeness (QED) is 0.913. The molecule has 20 heavy (non-hydrogen) atoms. The van der Waals surface area contributed by atoms with Crippen molar-refractivity contribution in [3.63, 3.8) is 0 Å². The number of carboxylic acids is 1. The third-order valence-corrected chi connectivity index (χ3v) is 5.95. The third-order valence-electron chi connectivity index (χ3n) is 5.95. The van der Waals surface area contributed by atoms with Gasteiger partial charge in [-0.1, -0.05) is 0 Å². The van der Waals surface area contributed by atoms with Crippen molar-refractivity contribution >= 4 is 5.97 Å². The van der Waals surface area contributed by atoms with Crippen molar-refractivity contribution in [1.82, 2.24) is 4.57 Å². The van der Waals surface area contributed by atoms with Gasteiger partial charge in [0.05, 0.1) is 6.42 Å². The van der Waals surface area contributed by atoms with E-state index in [1.807, 2.05) is 0 Å². The average Bonchev–Trinajstić information content (AvgIpc) is 2.83. The fourth-order valence-corrected chi connectivity index (χ4v) is 5.68. The lowest BCUT2D eigenvalue weighted by Gasteiger charge is -2.57. The van der Waals surface area contributed by atoms with Crippen LogP contribution in [0.15, 0.2) is 18.3 Å². The Bertz CT molecular complexity index is 496. The Morgan fingerprint density at radius 1 is 1.20 bits per heavy atom. The summed E-state index contributed by atoms with van der Waals surface area (Å²) in [6.07, 6.45) is 11.5. The highest BCUT2D eigenvalue weighted by Crippen LogP contribution is 2.59. The summed E-state index contributed by atoms with van der Waals surface area (Å²) in [6, 6.07) is 4.23. The van der Waals surface area contributed by atoms with Crippen LogP contribution >= 0.6 is 0 Å². The van der Waals surface area contributed by atoms with E-state index in [9.17, 15) is 4.79 Å². The Hall–Kier alpha value is -1.25. The van der Waals surface area contributed by atoms with Crippen LogP contribution in [0.1, 0.15) is 50.6 Å². The van der Waals surface area contributed by atoms with Crippen LogP contribution < -0.4 is 0 Å². The zero-order chi connectivity index (χ0) is 13.7. The van der Waals surface area contributed by atoms with Crippen LogP contribution in [0.4, 0.5) is 0 Å². The predicted molar refractivity (Wildman–Crippen MR) is 76.5 cm³/mol. The lowest BCUT2D eigenvalue weighted by molar-refractivity contribution is -0.137. The SMILES string of the molecule is O=C(O)CCc1cccn1C12CC3CC(CC(C3)C1)C2. The van der Waals surface area contributed by atoms with Crippen molar-refractivity contribution in [2.24, 2.45) is 17.8 Å². The Morgan fingerprint density at radius 2 is 1.80 bits per heavy atom. The number of aliphatic carboxylic acids is 1. The summed E-state index contributed by atoms with van der Waals surface area (Å²) in [5.74, 6) is 2.09. The minimum atomic E-state index is -0.691. The topological polar surface area (TPSA) is 42.2 Å². The standard InChI is InChI=1S/C17H23NO2/c19-16(20)4-3-15-2-1-5-18(15)17-9-12-6-13(10-17)8-14(7-12)11-17/h1-2,5,12-14H,3-4,6-11H2,(H,19,20). The molecule has 4 fully saturated rings. The molecule has 0 aromatic carbocycles. The second-order valence-corrected chi connectivity index (χ2v) is 7.41. The fraction of sp³-hybridized carbons (Fsp3) is 0.706. The molecule has 0 aliphatic heterocycles. The van der Waals surface area contributed by atoms with Crippen LogP contribution in [0.5, 0.6) is 0 Å². The second kappa shape index (κ2) is 4.37. The van der Waals surface area contributed by atoms with Crippen LogP contribution in [-0.2, 0) is 16.8 Å². The Balaban J connectivity index is 1.64. The molecule has 0 spiro atoms. The average molecular weight is 273 g/mol. The van der Waals surface area contributed by atoms with Crippen LogP contribution in [0.3, 0.4) is 0 Å². The second-order valence-electron chi connectivity index (χ2n) is 7.41. The molecule has 3 nitrogen and oxygen atoms in total. The van der Waals surface area contributed by atoms with Gasteiger partial charge < -0.3 is 9.67 Å². The fourth-order valence-electron chi connectivity index (χ4n) is 5.68. The van der Waals surface area contributed by atoms with E-state index in [0.717, 1.165) is 17.8 Å². The molecule has 5 rings (SSSR count). The third kappa shape index (κ3) is 1.90. The number of aromatic nitrogens is 1. The van der Waals surface area contributed by atoms with E-state index in [-0.39, 0.29) is 6.42 Å². The Morgan fingerprint density at radius 3 is 2.35 bits per heavy atom. The molecule has 1 aromatic heterocycles. The molecule has 0 amide bonds. The molecule has 0 unspecified atom stereocenters. The Kier molecular flexibility index (Phi) is 2.73. The largest absolute Gasteiger partial charge is 0.481 e. The summed E-state index contributed by atoms with van der Waals surface area (Å²) in [7, 11) is 0. The first-order chi connectivity index (χ1) is 9.64. The van der Waals surface area contributed by atoms with Gasteiger partial charge in [0.1, 0.15) is 0 Å². The molecular formula is C17H23NO2. The molecule has 3 heteroatoms. The summed E-state index contributed by atoms with van der Waals surface area (Å²) in [5.41, 5.74) is 1.56. The van der Waals surface area contributed by atoms with Gasteiger partial charge in [-0.25, -0.2) is 0 Å². The van der Waals surface area contributed by atoms with E-state index >= 15 is 0 Å². The number of aryl methyl sites for hydroxylation is 1. The van der Waals surface area contributed by atoms with Gasteiger partial charge in [0, 0.05) is 17.4 Å². The van der Waals surface area contributed by atoms with Crippen LogP contribution in [0.25, 0.3) is 0 Å². The first-order valence-corrected chi connectivity index (χ1v) is 8.03. The number of rotatable bonds is 4. The maximum absolute atomic E-state index is 10.8. The van der Waals surface area contributed by atoms with E-state index in [1.54, 1.807) is 0 Å². The summed E-state index contributed by atoms with van der Waals surface area (Å²) < 4.78 is 2.47. The molecule has 4 aliphatic rings. The normalized spacial score (nSPS) is 38.3. The van der Waals surface area contributed by atoms with Crippen LogP contribution in [0, 0.1) is 17.8 Å². The zero-order valence-corrected chi connectivity index (χ0v) is 11.9. The monoisotopic (exact) mass is 273 g/mol. The van der Waals surface area contributed by atoms with Crippen molar-refractivity contribution in [2.75, 3.05) is 0 Å². The van der Waals surface area contributed by atoms with Gasteiger partial charge in [0.15, 0.2) is 0 Å². The lowest BCUT2D eigenvalue weighted by Crippen LogP contribution is -2.52. The minimum Gasteiger partial charge on any atom is -0.481 e. The number of hydrogen-bond donors (Lipinski definition) is 1. The highest BCUT2D eigenvalue weighted by molar-refractivity contribution is 5.67. The summed E-state index contributed by atoms with van der Waals surface area (Å²) in [5, 5.41) is 8.93. The first-order valence-electron chi connectivity index (χ1n) is 8.03. The van der Waals surface area contributed by atoms with E-state index < -0.39 is 5.97 Å². The van der Waals surface area contributed by atoms with Gasteiger partial charge in [-0.2, -0.15) is 0 Å². The molecule has 4 aliphatic carbocycles. The van der Waals surface area contributed by atoms with Gasteiger partial charge in [0.25, 0.3) is 0 Å². The van der Waals surface area contributed by atoms with E-state index in [1.165, 1.54) is 44.2 Å². The molecule has 0 radical (unpaired) electrons. The smallest absolute Gasteiger partial charge is 0.303 e. The molecule has 0 saturated heterocycles. The van der Waals surface area contributed by atoms with Gasteiger partial charge in [0.2, 0.25) is 0 Å². The van der Waals surface area contributed by atoms with Crippen LogP contribution in [-0.4, -0.2) is 15.6 Å². The van der Waals surface area contributed by atoms with Crippen molar-refractivity contribution in [1.29, 1.82) is 0 Å². The molecule has 4 saturated carbocycles. The summed E-state index contributed by atoms with van der Waals surface area (Å²) in [6.45, 7) is 0. The number of hydrogen-bond acceptors (Lipinski definition) is 1. The molecule has 4 bridgehead atoms. The molecule has 108 valence electrons. The van der Waals surface area contributed by atoms with Gasteiger partial charge in [-0.15, -0.1) is 0 Å². The first kappa shape index (κ1) is 12.5. The number of carbonyl (C=O) groups is 1. The summed E-state index contributed by atoms with van der Waals surface area (Å²) >= 11 is 0. The molecule has 0 atom stereocenters. The maximum atomic E-state index is 10.8. The molecular weight excluding hydrogens is 250 g/mol. The van der Waals surface area contributed by atoms with Crippen molar-refractivity contribution in [2.45, 2.75) is 56.9 Å². The maximum Gasteiger partial charge on any atom is 0.303 e. The van der Waals surface area contributed by atoms with Gasteiger partial charge in [-0.3, -0.25) is 4.79 Å². The highest BCUT2D eigenvalue weighted by atomic mass is 16.4. The van der Waals surface area contributed by atoms with E-state index in [0.29, 0.717) is 12.0 Å². The number of carboxylic acid groups (broad SMARTS) is 1. The zero-order valence-electron chi connectivity index (χ0n) is 11.9. The van der Waals surface area contributed by atoms with E-state index in [2.05, 4.69) is 22.9 Å². The molecule has 1 aromatic rings. The molecule has 1 N–H and O–H groups in total. The van der Waals surface area contributed by atoms with E-state index in [4.69, 9.17) is 5.11 Å². The van der Waals surface area contributed by atoms with Gasteiger partial charge >= 0.3 is 5.97 Å². The highest BCUT2D eigenvalue weighted by Gasteiger charge is 2.51.